The standard InChI is InChI=1S/C21H28FN3O6S/c1-14-19(26)23-20(27)25(14)13-30-9-2-10-32(28,29)24-21(7-8-21)16-5-6-17(22)18(11-16)31-12-15-3-4-15/h5-6,11,14-15,24H,2-4,7-10,12-13H2,1H3,(H,23,26,27). The molecule has 11 heteroatoms. The van der Waals surface area contributed by atoms with E-state index in [1.165, 1.54) is 11.0 Å². The number of urea groups is 1. The Bertz CT molecular complexity index is 993. The number of ether oxygens (including phenoxy) is 2. The van der Waals surface area contributed by atoms with Crippen molar-refractivity contribution < 1.29 is 31.9 Å². The van der Waals surface area contributed by atoms with Crippen molar-refractivity contribution >= 4 is 22.0 Å². The van der Waals surface area contributed by atoms with Crippen LogP contribution in [0.1, 0.15) is 44.6 Å². The summed E-state index contributed by atoms with van der Waals surface area (Å²) in [6, 6.07) is 3.38. The molecule has 2 aliphatic carbocycles. The van der Waals surface area contributed by atoms with Crippen molar-refractivity contribution in [3.8, 4) is 5.75 Å². The number of hydrogen-bond acceptors (Lipinski definition) is 6. The average molecular weight is 470 g/mol. The maximum atomic E-state index is 14.1. The van der Waals surface area contributed by atoms with Gasteiger partial charge in [-0.25, -0.2) is 22.3 Å². The molecule has 1 aromatic carbocycles. The van der Waals surface area contributed by atoms with E-state index in [4.69, 9.17) is 9.47 Å². The summed E-state index contributed by atoms with van der Waals surface area (Å²) in [7, 11) is -3.60. The maximum absolute atomic E-state index is 14.1. The average Bonchev–Trinajstić information content (AvgIpc) is 3.65. The monoisotopic (exact) mass is 469 g/mol. The largest absolute Gasteiger partial charge is 0.490 e. The van der Waals surface area contributed by atoms with Gasteiger partial charge in [-0.15, -0.1) is 0 Å². The van der Waals surface area contributed by atoms with Gasteiger partial charge in [-0.05, 0) is 62.6 Å². The molecule has 1 aromatic rings. The van der Waals surface area contributed by atoms with E-state index >= 15 is 0 Å². The summed E-state index contributed by atoms with van der Waals surface area (Å²) < 4.78 is 53.0. The second-order valence-corrected chi connectivity index (χ2v) is 10.6. The highest BCUT2D eigenvalue weighted by molar-refractivity contribution is 7.89. The molecule has 1 unspecified atom stereocenters. The Morgan fingerprint density at radius 2 is 2.03 bits per heavy atom. The van der Waals surface area contributed by atoms with Crippen molar-refractivity contribution in [1.29, 1.82) is 0 Å². The quantitative estimate of drug-likeness (QED) is 0.357. The van der Waals surface area contributed by atoms with Crippen LogP contribution in [-0.2, 0) is 25.1 Å². The molecule has 176 valence electrons. The van der Waals surface area contributed by atoms with Crippen LogP contribution >= 0.6 is 0 Å². The van der Waals surface area contributed by atoms with Crippen LogP contribution < -0.4 is 14.8 Å². The second-order valence-electron chi connectivity index (χ2n) is 8.73. The fourth-order valence-electron chi connectivity index (χ4n) is 3.61. The molecule has 9 nitrogen and oxygen atoms in total. The molecule has 1 saturated heterocycles. The summed E-state index contributed by atoms with van der Waals surface area (Å²) in [6.45, 7) is 2.10. The SMILES string of the molecule is CC1C(=O)NC(=O)N1COCCCS(=O)(=O)NC1(c2ccc(F)c(OCC3CC3)c2)CC1. The van der Waals surface area contributed by atoms with Crippen molar-refractivity contribution in [2.24, 2.45) is 5.92 Å². The number of rotatable bonds is 12. The molecule has 0 aromatic heterocycles. The first-order valence-electron chi connectivity index (χ1n) is 10.8. The topological polar surface area (TPSA) is 114 Å². The van der Waals surface area contributed by atoms with Crippen molar-refractivity contribution in [3.63, 3.8) is 0 Å². The van der Waals surface area contributed by atoms with E-state index in [1.807, 2.05) is 0 Å². The number of carbonyl (C=O) groups is 2. The van der Waals surface area contributed by atoms with Crippen LogP contribution in [0.5, 0.6) is 5.75 Å². The van der Waals surface area contributed by atoms with Crippen LogP contribution in [0.4, 0.5) is 9.18 Å². The summed E-state index contributed by atoms with van der Waals surface area (Å²) in [5.74, 6) is -0.346. The number of hydrogen-bond donors (Lipinski definition) is 2. The van der Waals surface area contributed by atoms with Gasteiger partial charge < -0.3 is 9.47 Å². The minimum absolute atomic E-state index is 0.0879. The van der Waals surface area contributed by atoms with E-state index in [9.17, 15) is 22.4 Å². The van der Waals surface area contributed by atoms with Gasteiger partial charge in [0.2, 0.25) is 10.0 Å². The Morgan fingerprint density at radius 1 is 1.28 bits per heavy atom. The predicted molar refractivity (Wildman–Crippen MR) is 113 cm³/mol. The third kappa shape index (κ3) is 5.38. The molecular formula is C21H28FN3O6S. The van der Waals surface area contributed by atoms with E-state index in [0.29, 0.717) is 30.9 Å². The first-order chi connectivity index (χ1) is 15.2. The normalized spacial score (nSPS) is 22.2. The van der Waals surface area contributed by atoms with Crippen molar-refractivity contribution in [2.45, 2.75) is 50.6 Å². The van der Waals surface area contributed by atoms with Gasteiger partial charge in [-0.1, -0.05) is 6.07 Å². The number of amides is 3. The number of nitrogens with zero attached hydrogens (tertiary/aromatic N) is 1. The smallest absolute Gasteiger partial charge is 0.326 e. The van der Waals surface area contributed by atoms with Gasteiger partial charge in [0, 0.05) is 6.61 Å². The molecular weight excluding hydrogens is 441 g/mol. The number of sulfonamides is 1. The highest BCUT2D eigenvalue weighted by atomic mass is 32.2. The number of halogens is 1. The lowest BCUT2D eigenvalue weighted by Gasteiger charge is -2.20. The van der Waals surface area contributed by atoms with Crippen LogP contribution in [0.15, 0.2) is 18.2 Å². The lowest BCUT2D eigenvalue weighted by molar-refractivity contribution is -0.121. The number of benzene rings is 1. The van der Waals surface area contributed by atoms with E-state index in [1.54, 1.807) is 19.1 Å². The summed E-state index contributed by atoms with van der Waals surface area (Å²) >= 11 is 0. The lowest BCUT2D eigenvalue weighted by atomic mass is 10.1. The molecule has 2 saturated carbocycles. The molecule has 3 amide bonds. The van der Waals surface area contributed by atoms with E-state index < -0.39 is 33.5 Å². The molecule has 4 rings (SSSR count). The molecule has 3 aliphatic rings. The summed E-state index contributed by atoms with van der Waals surface area (Å²) in [5.41, 5.74) is -0.0302. The third-order valence-corrected chi connectivity index (χ3v) is 7.55. The Labute approximate surface area is 186 Å². The van der Waals surface area contributed by atoms with Gasteiger partial charge in [-0.2, -0.15) is 0 Å². The Kier molecular flexibility index (Phi) is 6.42. The number of imide groups is 1. The first kappa shape index (κ1) is 22.9. The fraction of sp³-hybridized carbons (Fsp3) is 0.619. The Morgan fingerprint density at radius 3 is 2.66 bits per heavy atom. The minimum Gasteiger partial charge on any atom is -0.490 e. The van der Waals surface area contributed by atoms with Gasteiger partial charge in [0.25, 0.3) is 5.91 Å². The van der Waals surface area contributed by atoms with Crippen LogP contribution in [0, 0.1) is 11.7 Å². The summed E-state index contributed by atoms with van der Waals surface area (Å²) in [6.07, 6.45) is 3.68. The zero-order valence-electron chi connectivity index (χ0n) is 17.9. The van der Waals surface area contributed by atoms with Crippen LogP contribution in [0.2, 0.25) is 0 Å². The van der Waals surface area contributed by atoms with Gasteiger partial charge in [0.1, 0.15) is 12.8 Å². The van der Waals surface area contributed by atoms with Crippen LogP contribution in [-0.4, -0.2) is 57.0 Å². The van der Waals surface area contributed by atoms with Crippen LogP contribution in [0.25, 0.3) is 0 Å². The molecule has 0 spiro atoms. The van der Waals surface area contributed by atoms with Gasteiger partial charge in [-0.3, -0.25) is 15.0 Å². The molecule has 1 aliphatic heterocycles. The lowest BCUT2D eigenvalue weighted by Crippen LogP contribution is -2.37. The number of carbonyl (C=O) groups excluding carboxylic acids is 2. The highest BCUT2D eigenvalue weighted by Crippen LogP contribution is 2.47. The highest BCUT2D eigenvalue weighted by Gasteiger charge is 2.47. The second kappa shape index (κ2) is 8.95. The molecule has 0 bridgehead atoms. The Balaban J connectivity index is 1.26. The van der Waals surface area contributed by atoms with E-state index in [-0.39, 0.29) is 37.2 Å². The molecule has 1 atom stereocenters. The van der Waals surface area contributed by atoms with Crippen molar-refractivity contribution in [1.82, 2.24) is 14.9 Å². The third-order valence-electron chi connectivity index (χ3n) is 6.03. The van der Waals surface area contributed by atoms with E-state index in [0.717, 1.165) is 12.8 Å². The molecule has 1 heterocycles. The maximum Gasteiger partial charge on any atom is 0.326 e. The molecule has 0 radical (unpaired) electrons. The summed E-state index contributed by atoms with van der Waals surface area (Å²) in [4.78, 5) is 24.3. The Hall–Kier alpha value is -2.24. The number of nitrogens with one attached hydrogen (secondary N) is 2. The molecule has 32 heavy (non-hydrogen) atoms. The molecule has 2 N–H and O–H groups in total. The van der Waals surface area contributed by atoms with Gasteiger partial charge in [0.15, 0.2) is 11.6 Å². The minimum atomic E-state index is -3.60. The van der Waals surface area contributed by atoms with Crippen LogP contribution in [0.3, 0.4) is 0 Å². The van der Waals surface area contributed by atoms with Gasteiger partial charge >= 0.3 is 6.03 Å². The molecule has 3 fully saturated rings. The van der Waals surface area contributed by atoms with Gasteiger partial charge in [0.05, 0.1) is 17.9 Å². The zero-order valence-corrected chi connectivity index (χ0v) is 18.8. The van der Waals surface area contributed by atoms with E-state index in [2.05, 4.69) is 10.0 Å². The summed E-state index contributed by atoms with van der Waals surface area (Å²) in [5, 5.41) is 2.18. The van der Waals surface area contributed by atoms with Crippen molar-refractivity contribution in [3.05, 3.63) is 29.6 Å². The van der Waals surface area contributed by atoms with Crippen molar-refractivity contribution in [2.75, 3.05) is 25.7 Å². The predicted octanol–water partition coefficient (Wildman–Crippen LogP) is 1.83. The zero-order chi connectivity index (χ0) is 22.9. The fourth-order valence-corrected chi connectivity index (χ4v) is 5.13. The first-order valence-corrected chi connectivity index (χ1v) is 12.5.